The van der Waals surface area contributed by atoms with Crippen molar-refractivity contribution in [3.05, 3.63) is 152 Å². The molecule has 0 aliphatic carbocycles. The number of anilines is 2. The number of nitrogen functional groups attached to an aromatic ring is 1. The van der Waals surface area contributed by atoms with Crippen LogP contribution in [-0.4, -0.2) is 46.5 Å². The molecule has 0 aliphatic heterocycles. The molecule has 2 aromatic carbocycles. The number of nitrogens with zero attached hydrogens (tertiary/aromatic N) is 6. The molecule has 4 heterocycles. The lowest BCUT2D eigenvalue weighted by Gasteiger charge is -2.04. The van der Waals surface area contributed by atoms with Gasteiger partial charge < -0.3 is 16.2 Å². The molecule has 0 aliphatic rings. The number of carbonyl (C=O) groups is 2. The second-order valence-corrected chi connectivity index (χ2v) is 12.8. The van der Waals surface area contributed by atoms with Crippen LogP contribution in [0.3, 0.4) is 0 Å². The number of carbonyl (C=O) groups excluding carboxylic acids is 1. The number of carboxylic acid groups (broad SMARTS) is 1. The normalized spacial score (nSPS) is 10.4. The molecule has 15 heteroatoms. The lowest BCUT2D eigenvalue weighted by atomic mass is 10.1. The van der Waals surface area contributed by atoms with Gasteiger partial charge in [-0.3, -0.25) is 28.9 Å². The van der Waals surface area contributed by atoms with Crippen LogP contribution in [0.25, 0.3) is 0 Å². The van der Waals surface area contributed by atoms with E-state index >= 15 is 0 Å². The van der Waals surface area contributed by atoms with Gasteiger partial charge in [0.15, 0.2) is 5.82 Å². The lowest BCUT2D eigenvalue weighted by molar-refractivity contribution is -0.137. The molecule has 4 aromatic heterocycles. The average molecular weight is 769 g/mol. The first-order chi connectivity index (χ1) is 24.5. The maximum absolute atomic E-state index is 12.1. The molecule has 0 atom stereocenters. The van der Waals surface area contributed by atoms with Gasteiger partial charge in [0.05, 0.1) is 13.1 Å². The molecular weight excluding hydrogens is 734 g/mol. The molecule has 0 spiro atoms. The maximum Gasteiger partial charge on any atom is 0.303 e. The summed E-state index contributed by atoms with van der Waals surface area (Å²) in [6.07, 6.45) is 12.1. The number of hydrogen-bond acceptors (Lipinski definition) is 7. The zero-order valence-electron chi connectivity index (χ0n) is 27.2. The van der Waals surface area contributed by atoms with Crippen molar-refractivity contribution in [2.45, 2.75) is 38.8 Å². The van der Waals surface area contributed by atoms with Crippen molar-refractivity contribution in [2.24, 2.45) is 0 Å². The molecule has 4 N–H and O–H groups in total. The minimum Gasteiger partial charge on any atom is -0.481 e. The van der Waals surface area contributed by atoms with Gasteiger partial charge in [-0.15, -0.1) is 0 Å². The summed E-state index contributed by atoms with van der Waals surface area (Å²) >= 11 is 23.4. The van der Waals surface area contributed by atoms with Crippen LogP contribution in [0.5, 0.6) is 0 Å². The minimum absolute atomic E-state index is 0.0939. The number of nitrogens with one attached hydrogen (secondary N) is 1. The van der Waals surface area contributed by atoms with Crippen molar-refractivity contribution in [3.63, 3.8) is 0 Å². The van der Waals surface area contributed by atoms with Crippen molar-refractivity contribution in [1.82, 2.24) is 29.5 Å². The number of pyridine rings is 2. The van der Waals surface area contributed by atoms with Gasteiger partial charge in [-0.05, 0) is 102 Å². The topological polar surface area (TPSA) is 154 Å². The first kappa shape index (κ1) is 38.9. The molecule has 264 valence electrons. The van der Waals surface area contributed by atoms with Crippen molar-refractivity contribution in [1.29, 1.82) is 0 Å². The zero-order chi connectivity index (χ0) is 36.6. The molecule has 0 bridgehead atoms. The van der Waals surface area contributed by atoms with Gasteiger partial charge >= 0.3 is 5.97 Å². The molecule has 51 heavy (non-hydrogen) atoms. The molecule has 6 aromatic rings. The van der Waals surface area contributed by atoms with Crippen LogP contribution in [0.2, 0.25) is 20.1 Å². The minimum atomic E-state index is -0.823. The van der Waals surface area contributed by atoms with Crippen LogP contribution in [0.4, 0.5) is 11.6 Å². The Morgan fingerprint density at radius 2 is 1.08 bits per heavy atom. The Hall–Kier alpha value is -4.94. The summed E-state index contributed by atoms with van der Waals surface area (Å²) in [6, 6.07) is 21.7. The van der Waals surface area contributed by atoms with Crippen molar-refractivity contribution in [3.8, 4) is 0 Å². The molecular formula is C36H34Cl4N8O3. The highest BCUT2D eigenvalue weighted by atomic mass is 35.5. The second-order valence-electron chi connectivity index (χ2n) is 11.0. The molecule has 0 radical (unpaired) electrons. The van der Waals surface area contributed by atoms with Gasteiger partial charge in [-0.1, -0.05) is 46.4 Å². The van der Waals surface area contributed by atoms with Crippen molar-refractivity contribution >= 4 is 69.9 Å². The fourth-order valence-electron chi connectivity index (χ4n) is 4.56. The number of hydrogen-bond donors (Lipinski definition) is 3. The Morgan fingerprint density at radius 1 is 0.627 bits per heavy atom. The number of rotatable bonds is 11. The smallest absolute Gasteiger partial charge is 0.303 e. The summed E-state index contributed by atoms with van der Waals surface area (Å²) in [5, 5.41) is 21.9. The quantitative estimate of drug-likeness (QED) is 0.119. The van der Waals surface area contributed by atoms with Gasteiger partial charge in [0.2, 0.25) is 5.91 Å². The van der Waals surface area contributed by atoms with E-state index in [1.807, 2.05) is 48.8 Å². The van der Waals surface area contributed by atoms with E-state index in [1.54, 1.807) is 70.5 Å². The van der Waals surface area contributed by atoms with E-state index in [9.17, 15) is 9.59 Å². The van der Waals surface area contributed by atoms with E-state index in [0.717, 1.165) is 28.8 Å². The SMILES string of the molecule is Nc1ccn(Cc2ccncc2)n1.O=C(CCc1cc(Cl)cc(Cl)c1)Nc1ccn(Cc2ccncc2)n1.O=C(O)CCc1cc(Cl)cc(Cl)c1. The van der Waals surface area contributed by atoms with Crippen LogP contribution in [0.15, 0.2) is 110 Å². The predicted octanol–water partition coefficient (Wildman–Crippen LogP) is 8.12. The Bertz CT molecular complexity index is 1970. The number of benzene rings is 2. The van der Waals surface area contributed by atoms with Crippen LogP contribution < -0.4 is 11.1 Å². The van der Waals surface area contributed by atoms with E-state index in [0.29, 0.717) is 57.5 Å². The Kier molecular flexibility index (Phi) is 15.3. The van der Waals surface area contributed by atoms with Gasteiger partial charge in [0.1, 0.15) is 5.82 Å². The number of aromatic nitrogens is 6. The third-order valence-corrected chi connectivity index (χ3v) is 7.74. The monoisotopic (exact) mass is 766 g/mol. The fourth-order valence-corrected chi connectivity index (χ4v) is 5.70. The van der Waals surface area contributed by atoms with E-state index in [2.05, 4.69) is 25.5 Å². The van der Waals surface area contributed by atoms with Gasteiger partial charge in [0, 0.05) is 76.2 Å². The number of carboxylic acids is 1. The first-order valence-corrected chi connectivity index (χ1v) is 17.0. The van der Waals surface area contributed by atoms with Crippen LogP contribution >= 0.6 is 46.4 Å². The number of nitrogens with two attached hydrogens (primary N) is 1. The number of amides is 1. The summed E-state index contributed by atoms with van der Waals surface area (Å²) < 4.78 is 3.56. The molecule has 0 unspecified atom stereocenters. The summed E-state index contributed by atoms with van der Waals surface area (Å²) in [5.41, 5.74) is 9.52. The van der Waals surface area contributed by atoms with E-state index in [-0.39, 0.29) is 12.3 Å². The van der Waals surface area contributed by atoms with Crippen LogP contribution in [0.1, 0.15) is 35.1 Å². The summed E-state index contributed by atoms with van der Waals surface area (Å²) in [6.45, 7) is 1.36. The third-order valence-electron chi connectivity index (χ3n) is 6.87. The van der Waals surface area contributed by atoms with Crippen molar-refractivity contribution < 1.29 is 14.7 Å². The van der Waals surface area contributed by atoms with Gasteiger partial charge in [-0.2, -0.15) is 10.2 Å². The summed E-state index contributed by atoms with van der Waals surface area (Å²) in [4.78, 5) is 30.3. The van der Waals surface area contributed by atoms with Crippen molar-refractivity contribution in [2.75, 3.05) is 11.1 Å². The molecule has 0 fully saturated rings. The zero-order valence-corrected chi connectivity index (χ0v) is 30.2. The molecule has 1 amide bonds. The Labute approximate surface area is 315 Å². The molecule has 6 rings (SSSR count). The van der Waals surface area contributed by atoms with E-state index < -0.39 is 5.97 Å². The largest absolute Gasteiger partial charge is 0.481 e. The highest BCUT2D eigenvalue weighted by molar-refractivity contribution is 6.35. The molecule has 0 saturated heterocycles. The van der Waals surface area contributed by atoms with Gasteiger partial charge in [-0.25, -0.2) is 0 Å². The van der Waals surface area contributed by atoms with Crippen LogP contribution in [-0.2, 0) is 35.5 Å². The molecule has 0 saturated carbocycles. The summed E-state index contributed by atoms with van der Waals surface area (Å²) in [7, 11) is 0. The highest BCUT2D eigenvalue weighted by Gasteiger charge is 2.08. The van der Waals surface area contributed by atoms with Gasteiger partial charge in [0.25, 0.3) is 0 Å². The third kappa shape index (κ3) is 14.8. The highest BCUT2D eigenvalue weighted by Crippen LogP contribution is 2.21. The lowest BCUT2D eigenvalue weighted by Crippen LogP contribution is -2.13. The fraction of sp³-hybridized carbons (Fsp3) is 0.167. The number of aliphatic carboxylic acids is 1. The standard InChI is InChI=1S/C18H16Cl2N4O.C9H8Cl2O2.C9H10N4/c19-15-9-14(10-16(20)11-15)1-2-18(25)22-17-5-8-24(23-17)12-13-3-6-21-7-4-13;10-7-3-6(1-2-9(12)13)4-8(11)5-7;10-9-3-6-13(12-9)7-8-1-4-11-5-2-8/h3-11H,1-2,12H2,(H,22,23,25);3-5H,1-2H2,(H,12,13);1-6H,7H2,(H2,10,12). The second kappa shape index (κ2) is 20.0. The number of aryl methyl sites for hydroxylation is 2. The summed E-state index contributed by atoms with van der Waals surface area (Å²) in [5.74, 6) is 0.151. The Morgan fingerprint density at radius 3 is 1.53 bits per heavy atom. The van der Waals surface area contributed by atoms with E-state index in [1.165, 1.54) is 0 Å². The first-order valence-electron chi connectivity index (χ1n) is 15.5. The number of halogens is 4. The maximum atomic E-state index is 12.1. The van der Waals surface area contributed by atoms with Crippen LogP contribution in [0, 0.1) is 0 Å². The Balaban J connectivity index is 0.000000189. The predicted molar refractivity (Wildman–Crippen MR) is 201 cm³/mol. The average Bonchev–Trinajstić information content (AvgIpc) is 3.71. The van der Waals surface area contributed by atoms with E-state index in [4.69, 9.17) is 57.2 Å². The molecule has 11 nitrogen and oxygen atoms in total.